The van der Waals surface area contributed by atoms with E-state index >= 15 is 0 Å². The molecule has 1 fully saturated rings. The zero-order chi connectivity index (χ0) is 20.0. The van der Waals surface area contributed by atoms with E-state index in [1.807, 2.05) is 27.8 Å². The number of H-pyrrole nitrogens is 1. The fourth-order valence-electron chi connectivity index (χ4n) is 3.82. The van der Waals surface area contributed by atoms with Crippen LogP contribution in [0.4, 0.5) is 5.95 Å². The summed E-state index contributed by atoms with van der Waals surface area (Å²) >= 11 is 0. The number of nitrogens with one attached hydrogen (secondary N) is 2. The van der Waals surface area contributed by atoms with Crippen molar-refractivity contribution >= 4 is 23.1 Å². The molecule has 0 aromatic carbocycles. The molecule has 10 nitrogen and oxygen atoms in total. The highest BCUT2D eigenvalue weighted by Crippen LogP contribution is 2.23. The SMILES string of the molecule is CC(=O)N1CCC(Nc2nn3ccc(-c4cnc5nccn5c4)c3c(=O)[nH]2)CC1. The Morgan fingerprint density at radius 1 is 1.24 bits per heavy atom. The molecule has 4 aromatic heterocycles. The van der Waals surface area contributed by atoms with Gasteiger partial charge in [0.2, 0.25) is 17.6 Å². The van der Waals surface area contributed by atoms with Gasteiger partial charge in [0, 0.05) is 68.2 Å². The smallest absolute Gasteiger partial charge is 0.277 e. The number of rotatable bonds is 3. The van der Waals surface area contributed by atoms with E-state index in [-0.39, 0.29) is 17.5 Å². The van der Waals surface area contributed by atoms with Gasteiger partial charge in [0.1, 0.15) is 5.52 Å². The molecular formula is C19H20N8O2. The molecule has 148 valence electrons. The number of fused-ring (bicyclic) bond motifs is 2. The number of hydrogen-bond donors (Lipinski definition) is 2. The van der Waals surface area contributed by atoms with E-state index in [1.165, 1.54) is 0 Å². The first-order chi connectivity index (χ1) is 14.1. The number of carbonyl (C=O) groups excluding carboxylic acids is 1. The van der Waals surface area contributed by atoms with Gasteiger partial charge in [0.15, 0.2) is 0 Å². The lowest BCUT2D eigenvalue weighted by atomic mass is 10.1. The molecule has 0 atom stereocenters. The minimum Gasteiger partial charge on any atom is -0.352 e. The Morgan fingerprint density at radius 2 is 2.07 bits per heavy atom. The minimum absolute atomic E-state index is 0.0969. The molecule has 10 heteroatoms. The van der Waals surface area contributed by atoms with Crippen LogP contribution < -0.4 is 10.9 Å². The molecule has 1 saturated heterocycles. The average molecular weight is 392 g/mol. The molecular weight excluding hydrogens is 372 g/mol. The van der Waals surface area contributed by atoms with Gasteiger partial charge >= 0.3 is 0 Å². The van der Waals surface area contributed by atoms with Gasteiger partial charge in [-0.05, 0) is 18.9 Å². The van der Waals surface area contributed by atoms with Crippen LogP contribution in [-0.4, -0.2) is 58.9 Å². The molecule has 5 heterocycles. The number of aromatic amines is 1. The van der Waals surface area contributed by atoms with Crippen LogP contribution in [0.5, 0.6) is 0 Å². The lowest BCUT2D eigenvalue weighted by Gasteiger charge is -2.31. The van der Waals surface area contributed by atoms with Crippen molar-refractivity contribution in [2.45, 2.75) is 25.8 Å². The quantitative estimate of drug-likeness (QED) is 0.541. The summed E-state index contributed by atoms with van der Waals surface area (Å²) < 4.78 is 3.39. The van der Waals surface area contributed by atoms with Gasteiger partial charge in [0.25, 0.3) is 5.56 Å². The molecule has 2 N–H and O–H groups in total. The zero-order valence-electron chi connectivity index (χ0n) is 15.9. The topological polar surface area (TPSA) is 113 Å². The highest BCUT2D eigenvalue weighted by atomic mass is 16.2. The van der Waals surface area contributed by atoms with Crippen molar-refractivity contribution in [3.8, 4) is 11.1 Å². The largest absolute Gasteiger partial charge is 0.352 e. The highest BCUT2D eigenvalue weighted by Gasteiger charge is 2.21. The number of amides is 1. The van der Waals surface area contributed by atoms with Crippen LogP contribution in [0, 0.1) is 0 Å². The van der Waals surface area contributed by atoms with Crippen molar-refractivity contribution in [2.24, 2.45) is 0 Å². The maximum Gasteiger partial charge on any atom is 0.277 e. The minimum atomic E-state index is -0.227. The third-order valence-corrected chi connectivity index (χ3v) is 5.36. The summed E-state index contributed by atoms with van der Waals surface area (Å²) in [7, 11) is 0. The molecule has 0 bridgehead atoms. The molecule has 0 unspecified atom stereocenters. The first kappa shape index (κ1) is 17.4. The molecule has 29 heavy (non-hydrogen) atoms. The third kappa shape index (κ3) is 3.12. The maximum absolute atomic E-state index is 12.8. The van der Waals surface area contributed by atoms with Crippen LogP contribution in [0.25, 0.3) is 22.4 Å². The molecule has 5 rings (SSSR count). The van der Waals surface area contributed by atoms with E-state index in [1.54, 1.807) is 30.0 Å². The lowest BCUT2D eigenvalue weighted by molar-refractivity contribution is -0.129. The summed E-state index contributed by atoms with van der Waals surface area (Å²) in [5, 5.41) is 7.81. The maximum atomic E-state index is 12.8. The fraction of sp³-hybridized carbons (Fsp3) is 0.316. The van der Waals surface area contributed by atoms with Crippen molar-refractivity contribution in [2.75, 3.05) is 18.4 Å². The van der Waals surface area contributed by atoms with E-state index in [4.69, 9.17) is 0 Å². The van der Waals surface area contributed by atoms with Gasteiger partial charge in [-0.3, -0.25) is 19.0 Å². The molecule has 0 saturated carbocycles. The highest BCUT2D eigenvalue weighted by molar-refractivity contribution is 5.79. The van der Waals surface area contributed by atoms with Gasteiger partial charge in [-0.2, -0.15) is 0 Å². The summed E-state index contributed by atoms with van der Waals surface area (Å²) in [4.78, 5) is 37.4. The number of likely N-dealkylation sites (tertiary alicyclic amines) is 1. The van der Waals surface area contributed by atoms with Crippen molar-refractivity contribution < 1.29 is 4.79 Å². The number of anilines is 1. The Hall–Kier alpha value is -3.69. The number of piperidine rings is 1. The Kier molecular flexibility index (Phi) is 4.04. The summed E-state index contributed by atoms with van der Waals surface area (Å²) in [5.74, 6) is 1.13. The Bertz CT molecular complexity index is 1260. The monoisotopic (exact) mass is 392 g/mol. The van der Waals surface area contributed by atoms with Crippen LogP contribution in [0.3, 0.4) is 0 Å². The van der Waals surface area contributed by atoms with Gasteiger partial charge in [-0.1, -0.05) is 0 Å². The summed E-state index contributed by atoms with van der Waals surface area (Å²) in [6, 6.07) is 2.01. The van der Waals surface area contributed by atoms with Crippen LogP contribution in [0.15, 0.2) is 41.8 Å². The third-order valence-electron chi connectivity index (χ3n) is 5.36. The fourth-order valence-corrected chi connectivity index (χ4v) is 3.82. The first-order valence-electron chi connectivity index (χ1n) is 9.51. The second-order valence-corrected chi connectivity index (χ2v) is 7.23. The van der Waals surface area contributed by atoms with E-state index < -0.39 is 0 Å². The van der Waals surface area contributed by atoms with E-state index in [0.717, 1.165) is 24.0 Å². The van der Waals surface area contributed by atoms with Crippen molar-refractivity contribution in [1.82, 2.24) is 33.9 Å². The zero-order valence-corrected chi connectivity index (χ0v) is 15.9. The van der Waals surface area contributed by atoms with Crippen molar-refractivity contribution in [3.05, 3.63) is 47.4 Å². The van der Waals surface area contributed by atoms with Gasteiger partial charge in [-0.25, -0.2) is 14.5 Å². The number of aromatic nitrogens is 6. The summed E-state index contributed by atoms with van der Waals surface area (Å²) in [6.07, 6.45) is 10.5. The molecule has 0 radical (unpaired) electrons. The molecule has 1 aliphatic heterocycles. The van der Waals surface area contributed by atoms with Crippen molar-refractivity contribution in [3.63, 3.8) is 0 Å². The van der Waals surface area contributed by atoms with Gasteiger partial charge in [0.05, 0.1) is 0 Å². The molecule has 1 amide bonds. The second-order valence-electron chi connectivity index (χ2n) is 7.23. The van der Waals surface area contributed by atoms with Crippen LogP contribution in [0.2, 0.25) is 0 Å². The Balaban J connectivity index is 1.43. The Labute approximate surface area is 165 Å². The van der Waals surface area contributed by atoms with E-state index in [2.05, 4.69) is 25.4 Å². The summed E-state index contributed by atoms with van der Waals surface area (Å²) in [5.41, 5.74) is 1.79. The van der Waals surface area contributed by atoms with Crippen LogP contribution in [0.1, 0.15) is 19.8 Å². The van der Waals surface area contributed by atoms with Crippen LogP contribution >= 0.6 is 0 Å². The second kappa shape index (κ2) is 6.73. The normalized spacial score (nSPS) is 15.3. The standard InChI is InChI=1S/C19H20N8O2/c1-12(28)25-6-2-14(3-7-25)22-18-23-17(29)16-15(4-8-27(16)24-18)13-10-21-19-20-5-9-26(19)11-13/h4-5,8-11,14H,2-3,6-7H2,1H3,(H2,22,23,24,29). The predicted octanol–water partition coefficient (Wildman–Crippen LogP) is 1.16. The van der Waals surface area contributed by atoms with E-state index in [0.29, 0.717) is 30.3 Å². The number of carbonyl (C=O) groups is 1. The van der Waals surface area contributed by atoms with Crippen molar-refractivity contribution in [1.29, 1.82) is 0 Å². The first-order valence-corrected chi connectivity index (χ1v) is 9.51. The predicted molar refractivity (Wildman–Crippen MR) is 107 cm³/mol. The summed E-state index contributed by atoms with van der Waals surface area (Å²) in [6.45, 7) is 3.00. The van der Waals surface area contributed by atoms with Crippen LogP contribution in [-0.2, 0) is 4.79 Å². The number of imidazole rings is 1. The Morgan fingerprint density at radius 3 is 2.86 bits per heavy atom. The van der Waals surface area contributed by atoms with Gasteiger partial charge in [-0.15, -0.1) is 5.10 Å². The number of hydrogen-bond acceptors (Lipinski definition) is 6. The van der Waals surface area contributed by atoms with E-state index in [9.17, 15) is 9.59 Å². The molecule has 0 spiro atoms. The average Bonchev–Trinajstić information content (AvgIpc) is 3.34. The lowest BCUT2D eigenvalue weighted by Crippen LogP contribution is -2.41. The molecule has 1 aliphatic rings. The molecule has 4 aromatic rings. The van der Waals surface area contributed by atoms with Gasteiger partial charge < -0.3 is 10.2 Å². The number of nitrogens with zero attached hydrogens (tertiary/aromatic N) is 6. The molecule has 0 aliphatic carbocycles.